The predicted octanol–water partition coefficient (Wildman–Crippen LogP) is 6.70. The van der Waals surface area contributed by atoms with Crippen LogP contribution in [0.2, 0.25) is 0 Å². The standard InChI is InChI=1S/C33H33N2O/c1-24(2)32-33(30-15-9-7-13-28(30)29-14-8-10-16-31(29)33)35(22-25-11-5-4-6-12-25)23-34(32)21-26-17-19-27(36-3)20-18-26/h4-20,23-24,32H,21-22H2,1-3H3/q+1. The van der Waals surface area contributed by atoms with E-state index >= 15 is 0 Å². The fourth-order valence-electron chi connectivity index (χ4n) is 6.52. The Labute approximate surface area is 214 Å². The van der Waals surface area contributed by atoms with Gasteiger partial charge in [0.15, 0.2) is 5.54 Å². The Morgan fingerprint density at radius 3 is 1.92 bits per heavy atom. The summed E-state index contributed by atoms with van der Waals surface area (Å²) >= 11 is 0. The van der Waals surface area contributed by atoms with Gasteiger partial charge in [0, 0.05) is 11.1 Å². The van der Waals surface area contributed by atoms with Gasteiger partial charge in [-0.1, -0.05) is 105 Å². The molecule has 0 radical (unpaired) electrons. The van der Waals surface area contributed by atoms with Crippen molar-refractivity contribution in [1.82, 2.24) is 4.90 Å². The van der Waals surface area contributed by atoms with Gasteiger partial charge in [0.05, 0.1) is 7.11 Å². The van der Waals surface area contributed by atoms with Crippen molar-refractivity contribution in [2.24, 2.45) is 5.92 Å². The summed E-state index contributed by atoms with van der Waals surface area (Å²) in [6.07, 6.45) is 2.40. The fourth-order valence-corrected chi connectivity index (χ4v) is 6.52. The van der Waals surface area contributed by atoms with Crippen LogP contribution in [0.15, 0.2) is 103 Å². The summed E-state index contributed by atoms with van der Waals surface area (Å²) in [4.78, 5) is 2.61. The lowest BCUT2D eigenvalue weighted by Crippen LogP contribution is -2.52. The second-order valence-electron chi connectivity index (χ2n) is 10.3. The van der Waals surface area contributed by atoms with Crippen LogP contribution < -0.4 is 4.74 Å². The zero-order chi connectivity index (χ0) is 24.7. The van der Waals surface area contributed by atoms with Crippen molar-refractivity contribution in [1.29, 1.82) is 0 Å². The van der Waals surface area contributed by atoms with Gasteiger partial charge in [-0.25, -0.2) is 4.90 Å². The van der Waals surface area contributed by atoms with Gasteiger partial charge in [0.2, 0.25) is 6.34 Å². The molecule has 0 amide bonds. The lowest BCUT2D eigenvalue weighted by Gasteiger charge is -2.37. The first-order chi connectivity index (χ1) is 17.6. The van der Waals surface area contributed by atoms with E-state index in [-0.39, 0.29) is 11.6 Å². The first-order valence-corrected chi connectivity index (χ1v) is 12.9. The van der Waals surface area contributed by atoms with Crippen molar-refractivity contribution in [3.05, 3.63) is 125 Å². The topological polar surface area (TPSA) is 15.5 Å². The summed E-state index contributed by atoms with van der Waals surface area (Å²) in [6, 6.07) is 37.7. The SMILES string of the molecule is COc1ccc(C[N+]2=CN(Cc3ccccc3)C3(c4ccccc4-c4ccccc43)C2C(C)C)cc1. The average molecular weight is 474 g/mol. The quantitative estimate of drug-likeness (QED) is 0.290. The number of rotatable bonds is 6. The molecule has 0 saturated heterocycles. The Bertz CT molecular complexity index is 1360. The predicted molar refractivity (Wildman–Crippen MR) is 146 cm³/mol. The summed E-state index contributed by atoms with van der Waals surface area (Å²) < 4.78 is 7.98. The highest BCUT2D eigenvalue weighted by Crippen LogP contribution is 2.56. The molecular weight excluding hydrogens is 440 g/mol. The minimum Gasteiger partial charge on any atom is -0.497 e. The molecular formula is C33H33N2O+. The Morgan fingerprint density at radius 2 is 1.33 bits per heavy atom. The van der Waals surface area contributed by atoms with Crippen LogP contribution in [-0.2, 0) is 18.6 Å². The molecule has 1 unspecified atom stereocenters. The summed E-state index contributed by atoms with van der Waals surface area (Å²) in [5.41, 5.74) is 7.89. The summed E-state index contributed by atoms with van der Waals surface area (Å²) in [5, 5.41) is 0. The molecule has 3 nitrogen and oxygen atoms in total. The van der Waals surface area contributed by atoms with Gasteiger partial charge in [-0.2, -0.15) is 0 Å². The van der Waals surface area contributed by atoms with E-state index in [1.807, 2.05) is 0 Å². The number of fused-ring (bicyclic) bond motifs is 5. The number of ether oxygens (including phenoxy) is 1. The highest BCUT2D eigenvalue weighted by molar-refractivity contribution is 5.83. The molecule has 1 heterocycles. The van der Waals surface area contributed by atoms with Crippen LogP contribution in [0.4, 0.5) is 0 Å². The molecule has 6 rings (SSSR count). The van der Waals surface area contributed by atoms with Crippen LogP contribution >= 0.6 is 0 Å². The van der Waals surface area contributed by atoms with Gasteiger partial charge in [-0.05, 0) is 40.3 Å². The van der Waals surface area contributed by atoms with Gasteiger partial charge >= 0.3 is 0 Å². The van der Waals surface area contributed by atoms with E-state index in [0.29, 0.717) is 5.92 Å². The molecule has 4 aromatic rings. The normalized spacial score (nSPS) is 17.3. The Balaban J connectivity index is 1.54. The molecule has 0 N–H and O–H groups in total. The van der Waals surface area contributed by atoms with Crippen molar-refractivity contribution >= 4 is 6.34 Å². The van der Waals surface area contributed by atoms with E-state index in [1.54, 1.807) is 7.11 Å². The number of nitrogens with zero attached hydrogens (tertiary/aromatic N) is 2. The van der Waals surface area contributed by atoms with Gasteiger partial charge in [-0.15, -0.1) is 0 Å². The van der Waals surface area contributed by atoms with Gasteiger partial charge in [0.1, 0.15) is 24.9 Å². The summed E-state index contributed by atoms with van der Waals surface area (Å²) in [6.45, 7) is 6.45. The zero-order valence-electron chi connectivity index (χ0n) is 21.3. The fraction of sp³-hybridized carbons (Fsp3) is 0.242. The lowest BCUT2D eigenvalue weighted by atomic mass is 9.75. The second-order valence-corrected chi connectivity index (χ2v) is 10.3. The Morgan fingerprint density at radius 1 is 0.750 bits per heavy atom. The maximum absolute atomic E-state index is 5.41. The molecule has 180 valence electrons. The molecule has 1 aliphatic heterocycles. The third-order valence-corrected chi connectivity index (χ3v) is 7.84. The van der Waals surface area contributed by atoms with Crippen LogP contribution in [0.5, 0.6) is 5.75 Å². The minimum absolute atomic E-state index is 0.260. The number of methoxy groups -OCH3 is 1. The van der Waals surface area contributed by atoms with E-state index in [1.165, 1.54) is 33.4 Å². The molecule has 0 fully saturated rings. The molecule has 4 aromatic carbocycles. The molecule has 0 bridgehead atoms. The highest BCUT2D eigenvalue weighted by Gasteiger charge is 2.63. The van der Waals surface area contributed by atoms with Crippen molar-refractivity contribution < 1.29 is 9.31 Å². The number of hydrogen-bond acceptors (Lipinski definition) is 2. The second kappa shape index (κ2) is 8.98. The van der Waals surface area contributed by atoms with Crippen LogP contribution in [0.3, 0.4) is 0 Å². The molecule has 36 heavy (non-hydrogen) atoms. The summed E-state index contributed by atoms with van der Waals surface area (Å²) in [5.74, 6) is 1.32. The van der Waals surface area contributed by atoms with Crippen molar-refractivity contribution in [3.8, 4) is 16.9 Å². The third-order valence-electron chi connectivity index (χ3n) is 7.84. The van der Waals surface area contributed by atoms with E-state index < -0.39 is 0 Å². The van der Waals surface area contributed by atoms with Gasteiger partial charge in [0.25, 0.3) is 0 Å². The molecule has 1 spiro atoms. The maximum Gasteiger partial charge on any atom is 0.236 e. The molecule has 3 heteroatoms. The maximum atomic E-state index is 5.41. The van der Waals surface area contributed by atoms with E-state index in [4.69, 9.17) is 4.74 Å². The molecule has 1 aliphatic carbocycles. The third kappa shape index (κ3) is 3.45. The molecule has 2 aliphatic rings. The average Bonchev–Trinajstić information content (AvgIpc) is 3.39. The van der Waals surface area contributed by atoms with Gasteiger partial charge in [-0.3, -0.25) is 4.58 Å². The first kappa shape index (κ1) is 22.6. The van der Waals surface area contributed by atoms with E-state index in [9.17, 15) is 0 Å². The molecule has 1 atom stereocenters. The molecule has 0 aromatic heterocycles. The van der Waals surface area contributed by atoms with E-state index in [0.717, 1.165) is 18.8 Å². The van der Waals surface area contributed by atoms with Crippen LogP contribution in [0, 0.1) is 5.92 Å². The largest absolute Gasteiger partial charge is 0.497 e. The Kier molecular flexibility index (Phi) is 5.64. The highest BCUT2D eigenvalue weighted by atomic mass is 16.5. The lowest BCUT2D eigenvalue weighted by molar-refractivity contribution is -0.583. The Hall–Kier alpha value is -3.85. The van der Waals surface area contributed by atoms with Crippen LogP contribution in [0.1, 0.15) is 36.1 Å². The van der Waals surface area contributed by atoms with Crippen LogP contribution in [-0.4, -0.2) is 29.0 Å². The van der Waals surface area contributed by atoms with Gasteiger partial charge < -0.3 is 4.74 Å². The van der Waals surface area contributed by atoms with Crippen molar-refractivity contribution in [2.45, 2.75) is 38.5 Å². The first-order valence-electron chi connectivity index (χ1n) is 12.9. The minimum atomic E-state index is -0.260. The number of benzene rings is 4. The smallest absolute Gasteiger partial charge is 0.236 e. The van der Waals surface area contributed by atoms with Crippen molar-refractivity contribution in [3.63, 3.8) is 0 Å². The molecule has 0 saturated carbocycles. The van der Waals surface area contributed by atoms with Crippen LogP contribution in [0.25, 0.3) is 11.1 Å². The van der Waals surface area contributed by atoms with Crippen molar-refractivity contribution in [2.75, 3.05) is 7.11 Å². The zero-order valence-corrected chi connectivity index (χ0v) is 21.3. The number of hydrogen-bond donors (Lipinski definition) is 0. The summed E-state index contributed by atoms with van der Waals surface area (Å²) in [7, 11) is 1.72. The monoisotopic (exact) mass is 473 g/mol. The van der Waals surface area contributed by atoms with E-state index in [2.05, 4.69) is 133 Å².